The molecular weight excluding hydrogens is 378 g/mol. The summed E-state index contributed by atoms with van der Waals surface area (Å²) in [6, 6.07) is 12.4. The molecule has 0 spiro atoms. The lowest BCUT2D eigenvalue weighted by atomic mass is 10.1. The maximum atomic E-state index is 11.5. The van der Waals surface area contributed by atoms with Gasteiger partial charge in [0, 0.05) is 10.6 Å². The van der Waals surface area contributed by atoms with E-state index in [1.165, 1.54) is 24.6 Å². The van der Waals surface area contributed by atoms with Crippen molar-refractivity contribution in [3.63, 3.8) is 0 Å². The van der Waals surface area contributed by atoms with Gasteiger partial charge < -0.3 is 25.4 Å². The number of anilines is 1. The summed E-state index contributed by atoms with van der Waals surface area (Å²) in [5.41, 5.74) is 7.30. The first kappa shape index (κ1) is 20.4. The highest BCUT2D eigenvalue weighted by molar-refractivity contribution is 7.99. The molecule has 0 radical (unpaired) electrons. The van der Waals surface area contributed by atoms with Gasteiger partial charge in [-0.05, 0) is 61.6 Å². The highest BCUT2D eigenvalue weighted by atomic mass is 32.2. The minimum absolute atomic E-state index is 0.212. The van der Waals surface area contributed by atoms with Gasteiger partial charge in [0.2, 0.25) is 0 Å². The molecule has 150 valence electrons. The van der Waals surface area contributed by atoms with Gasteiger partial charge in [-0.25, -0.2) is 4.79 Å². The normalized spacial score (nSPS) is 16.5. The van der Waals surface area contributed by atoms with E-state index in [0.717, 1.165) is 12.8 Å². The zero-order valence-electron chi connectivity index (χ0n) is 15.7. The van der Waals surface area contributed by atoms with E-state index in [-0.39, 0.29) is 6.10 Å². The lowest BCUT2D eigenvalue weighted by Crippen LogP contribution is -2.26. The van der Waals surface area contributed by atoms with Crippen molar-refractivity contribution in [1.29, 1.82) is 0 Å². The van der Waals surface area contributed by atoms with Gasteiger partial charge in [-0.1, -0.05) is 12.1 Å². The number of hydrogen-bond acceptors (Lipinski definition) is 6. The molecular formula is C21H25NO5S. The number of aliphatic hydroxyl groups excluding tert-OH is 1. The number of methoxy groups -OCH3 is 1. The summed E-state index contributed by atoms with van der Waals surface area (Å²) in [6.45, 7) is 0. The van der Waals surface area contributed by atoms with Crippen molar-refractivity contribution in [2.24, 2.45) is 0 Å². The fourth-order valence-electron chi connectivity index (χ4n) is 3.26. The van der Waals surface area contributed by atoms with Gasteiger partial charge in [-0.3, -0.25) is 0 Å². The summed E-state index contributed by atoms with van der Waals surface area (Å²) in [5, 5.41) is 18.9. The first-order valence-corrected chi connectivity index (χ1v) is 10.1. The number of thioether (sulfide) groups is 1. The van der Waals surface area contributed by atoms with Crippen molar-refractivity contribution in [2.45, 2.75) is 48.0 Å². The predicted octanol–water partition coefficient (Wildman–Crippen LogP) is 3.88. The molecule has 0 aliphatic heterocycles. The number of rotatable bonds is 8. The summed E-state index contributed by atoms with van der Waals surface area (Å²) >= 11 is 1.21. The van der Waals surface area contributed by atoms with E-state index in [4.69, 9.17) is 15.2 Å². The molecule has 0 aromatic heterocycles. The van der Waals surface area contributed by atoms with Gasteiger partial charge in [0.25, 0.3) is 0 Å². The van der Waals surface area contributed by atoms with E-state index in [9.17, 15) is 15.0 Å². The maximum Gasteiger partial charge on any atom is 0.334 e. The predicted molar refractivity (Wildman–Crippen MR) is 109 cm³/mol. The van der Waals surface area contributed by atoms with Crippen molar-refractivity contribution in [2.75, 3.05) is 12.8 Å². The minimum Gasteiger partial charge on any atom is -0.497 e. The van der Waals surface area contributed by atoms with Crippen molar-refractivity contribution < 1.29 is 24.5 Å². The van der Waals surface area contributed by atoms with E-state index in [0.29, 0.717) is 27.6 Å². The summed E-state index contributed by atoms with van der Waals surface area (Å²) in [6.07, 6.45) is 3.05. The lowest BCUT2D eigenvalue weighted by Gasteiger charge is -2.22. The van der Waals surface area contributed by atoms with Crippen LogP contribution in [-0.4, -0.2) is 35.5 Å². The second-order valence-electron chi connectivity index (χ2n) is 6.82. The molecule has 0 amide bonds. The molecule has 0 heterocycles. The molecule has 2 aromatic carbocycles. The largest absolute Gasteiger partial charge is 0.497 e. The van der Waals surface area contributed by atoms with Crippen LogP contribution in [-0.2, 0) is 4.79 Å². The molecule has 7 heteroatoms. The lowest BCUT2D eigenvalue weighted by molar-refractivity contribution is -0.146. The standard InChI is InChI=1S/C21H25NO5S/c1-26-14-8-6-13(7-9-14)20(19(23)21(24)25)28-18-12-16(10-11-17(18)22)27-15-4-2-3-5-15/h6-12,15,19-20,23H,2-5,22H2,1H3,(H,24,25)/t19-,20+/m1/s1. The minimum atomic E-state index is -1.59. The van der Waals surface area contributed by atoms with Crippen LogP contribution < -0.4 is 15.2 Å². The Labute approximate surface area is 168 Å². The van der Waals surface area contributed by atoms with E-state index >= 15 is 0 Å². The van der Waals surface area contributed by atoms with Gasteiger partial charge in [0.05, 0.1) is 18.5 Å². The Kier molecular flexibility index (Phi) is 6.70. The molecule has 6 nitrogen and oxygen atoms in total. The van der Waals surface area contributed by atoms with Crippen LogP contribution in [0.25, 0.3) is 0 Å². The Morgan fingerprint density at radius 1 is 1.14 bits per heavy atom. The Bertz CT molecular complexity index is 805. The second kappa shape index (κ2) is 9.21. The van der Waals surface area contributed by atoms with Gasteiger partial charge in [-0.15, -0.1) is 11.8 Å². The number of aliphatic carboxylic acids is 1. The van der Waals surface area contributed by atoms with Crippen LogP contribution in [0.2, 0.25) is 0 Å². The number of nitrogens with two attached hydrogens (primary N) is 1. The van der Waals surface area contributed by atoms with Gasteiger partial charge in [0.1, 0.15) is 11.5 Å². The number of benzene rings is 2. The second-order valence-corrected chi connectivity index (χ2v) is 8.00. The third-order valence-electron chi connectivity index (χ3n) is 4.83. The van der Waals surface area contributed by atoms with E-state index in [2.05, 4.69) is 0 Å². The van der Waals surface area contributed by atoms with Crippen LogP contribution in [0.5, 0.6) is 11.5 Å². The Morgan fingerprint density at radius 3 is 2.39 bits per heavy atom. The van der Waals surface area contributed by atoms with Crippen LogP contribution in [0.4, 0.5) is 5.69 Å². The molecule has 1 saturated carbocycles. The average Bonchev–Trinajstić information content (AvgIpc) is 3.21. The Morgan fingerprint density at radius 2 is 1.79 bits per heavy atom. The number of carboxylic acids is 1. The number of hydrogen-bond donors (Lipinski definition) is 3. The molecule has 0 saturated heterocycles. The molecule has 0 unspecified atom stereocenters. The summed E-state index contributed by atoms with van der Waals surface area (Å²) in [4.78, 5) is 12.1. The number of nitrogen functional groups attached to an aromatic ring is 1. The number of carboxylic acid groups (broad SMARTS) is 1. The van der Waals surface area contributed by atoms with Gasteiger partial charge in [0.15, 0.2) is 6.10 Å². The SMILES string of the molecule is COc1ccc([C@H](Sc2cc(OC3CCCC3)ccc2N)[C@@H](O)C(=O)O)cc1. The zero-order valence-corrected chi connectivity index (χ0v) is 16.5. The Balaban J connectivity index is 1.85. The molecule has 2 atom stereocenters. The molecule has 1 aliphatic carbocycles. The number of ether oxygens (including phenoxy) is 2. The van der Waals surface area contributed by atoms with Crippen molar-refractivity contribution in [3.05, 3.63) is 48.0 Å². The maximum absolute atomic E-state index is 11.5. The number of carbonyl (C=O) groups is 1. The number of aliphatic hydroxyl groups is 1. The topological polar surface area (TPSA) is 102 Å². The van der Waals surface area contributed by atoms with Crippen LogP contribution in [0.15, 0.2) is 47.4 Å². The van der Waals surface area contributed by atoms with E-state index < -0.39 is 17.3 Å². The summed E-state index contributed by atoms with van der Waals surface area (Å²) < 4.78 is 11.2. The van der Waals surface area contributed by atoms with E-state index in [1.807, 2.05) is 12.1 Å². The average molecular weight is 404 g/mol. The van der Waals surface area contributed by atoms with Crippen molar-refractivity contribution in [3.8, 4) is 11.5 Å². The molecule has 28 heavy (non-hydrogen) atoms. The van der Waals surface area contributed by atoms with E-state index in [1.54, 1.807) is 37.4 Å². The Hall–Kier alpha value is -2.38. The van der Waals surface area contributed by atoms with Gasteiger partial charge in [-0.2, -0.15) is 0 Å². The third-order valence-corrected chi connectivity index (χ3v) is 6.22. The molecule has 1 fully saturated rings. The van der Waals surface area contributed by atoms with Crippen molar-refractivity contribution in [1.82, 2.24) is 0 Å². The van der Waals surface area contributed by atoms with Crippen LogP contribution >= 0.6 is 11.8 Å². The summed E-state index contributed by atoms with van der Waals surface area (Å²) in [5.74, 6) is 0.0796. The molecule has 1 aliphatic rings. The van der Waals surface area contributed by atoms with Crippen LogP contribution in [0, 0.1) is 0 Å². The fourth-order valence-corrected chi connectivity index (χ4v) is 4.46. The van der Waals surface area contributed by atoms with Crippen LogP contribution in [0.3, 0.4) is 0 Å². The zero-order chi connectivity index (χ0) is 20.1. The highest BCUT2D eigenvalue weighted by Crippen LogP contribution is 2.42. The molecule has 2 aromatic rings. The monoisotopic (exact) mass is 403 g/mol. The molecule has 4 N–H and O–H groups in total. The molecule has 3 rings (SSSR count). The first-order valence-electron chi connectivity index (χ1n) is 9.25. The third kappa shape index (κ3) is 4.91. The first-order chi connectivity index (χ1) is 13.5. The highest BCUT2D eigenvalue weighted by Gasteiger charge is 2.29. The van der Waals surface area contributed by atoms with Crippen LogP contribution in [0.1, 0.15) is 36.5 Å². The smallest absolute Gasteiger partial charge is 0.334 e. The quantitative estimate of drug-likeness (QED) is 0.454. The molecule has 0 bridgehead atoms. The fraction of sp³-hybridized carbons (Fsp3) is 0.381. The van der Waals surface area contributed by atoms with Gasteiger partial charge >= 0.3 is 5.97 Å². The van der Waals surface area contributed by atoms with Crippen molar-refractivity contribution >= 4 is 23.4 Å². The summed E-state index contributed by atoms with van der Waals surface area (Å²) in [7, 11) is 1.56.